The molecule has 4 heteroatoms. The Bertz CT molecular complexity index is 375. The topological polar surface area (TPSA) is 54.0 Å². The number of carbonyl (C=O) groups is 1. The first-order chi connectivity index (χ1) is 9.17. The summed E-state index contributed by atoms with van der Waals surface area (Å²) in [7, 11) is 0. The van der Waals surface area contributed by atoms with E-state index in [1.807, 2.05) is 6.07 Å². The third-order valence-electron chi connectivity index (χ3n) is 3.09. The van der Waals surface area contributed by atoms with Crippen molar-refractivity contribution in [2.45, 2.75) is 52.5 Å². The molecule has 1 aromatic heterocycles. The Kier molecular flexibility index (Phi) is 6.93. The van der Waals surface area contributed by atoms with Gasteiger partial charge in [0.15, 0.2) is 0 Å². The van der Waals surface area contributed by atoms with E-state index < -0.39 is 0 Å². The molecule has 1 amide bonds. The highest BCUT2D eigenvalue weighted by Crippen LogP contribution is 2.09. The Hall–Kier alpha value is -1.58. The predicted octanol–water partition coefficient (Wildman–Crippen LogP) is 3.21. The molecule has 106 valence electrons. The van der Waals surface area contributed by atoms with Crippen LogP contribution in [0.15, 0.2) is 18.3 Å². The van der Waals surface area contributed by atoms with Crippen molar-refractivity contribution in [3.63, 3.8) is 0 Å². The van der Waals surface area contributed by atoms with Crippen molar-refractivity contribution in [2.24, 2.45) is 0 Å². The van der Waals surface area contributed by atoms with Crippen LogP contribution in [0.5, 0.6) is 0 Å². The van der Waals surface area contributed by atoms with Crippen LogP contribution < -0.4 is 10.6 Å². The second-order valence-electron chi connectivity index (χ2n) is 4.85. The highest BCUT2D eigenvalue weighted by atomic mass is 16.1. The average molecular weight is 263 g/mol. The normalized spacial score (nSPS) is 11.9. The van der Waals surface area contributed by atoms with Crippen molar-refractivity contribution in [2.75, 3.05) is 11.9 Å². The molecule has 0 radical (unpaired) electrons. The first-order valence-electron chi connectivity index (χ1n) is 7.18. The zero-order valence-corrected chi connectivity index (χ0v) is 12.2. The van der Waals surface area contributed by atoms with E-state index in [1.54, 1.807) is 12.3 Å². The molecule has 0 saturated carbocycles. The number of anilines is 1. The fourth-order valence-corrected chi connectivity index (χ4v) is 1.67. The van der Waals surface area contributed by atoms with Gasteiger partial charge in [-0.1, -0.05) is 26.7 Å². The summed E-state index contributed by atoms with van der Waals surface area (Å²) >= 11 is 0. The molecule has 1 rings (SSSR count). The summed E-state index contributed by atoms with van der Waals surface area (Å²) in [5.74, 6) is -0.0915. The summed E-state index contributed by atoms with van der Waals surface area (Å²) in [6.07, 6.45) is 6.10. The van der Waals surface area contributed by atoms with Crippen molar-refractivity contribution in [3.05, 3.63) is 24.0 Å². The lowest BCUT2D eigenvalue weighted by atomic mass is 10.2. The SMILES string of the molecule is CCCCCNC(=O)c1ccc(NC(C)CC)cn1. The predicted molar refractivity (Wildman–Crippen MR) is 79.5 cm³/mol. The van der Waals surface area contributed by atoms with Crippen molar-refractivity contribution < 1.29 is 4.79 Å². The van der Waals surface area contributed by atoms with Crippen LogP contribution in [-0.4, -0.2) is 23.5 Å². The highest BCUT2D eigenvalue weighted by Gasteiger charge is 2.06. The quantitative estimate of drug-likeness (QED) is 0.708. The van der Waals surface area contributed by atoms with Gasteiger partial charge in [0.05, 0.1) is 11.9 Å². The zero-order valence-electron chi connectivity index (χ0n) is 12.2. The number of aromatic nitrogens is 1. The molecule has 1 heterocycles. The van der Waals surface area contributed by atoms with Crippen molar-refractivity contribution >= 4 is 11.6 Å². The van der Waals surface area contributed by atoms with E-state index >= 15 is 0 Å². The maximum absolute atomic E-state index is 11.8. The molecule has 2 N–H and O–H groups in total. The number of nitrogens with one attached hydrogen (secondary N) is 2. The van der Waals surface area contributed by atoms with E-state index in [4.69, 9.17) is 0 Å². The van der Waals surface area contributed by atoms with Gasteiger partial charge < -0.3 is 10.6 Å². The van der Waals surface area contributed by atoms with Crippen LogP contribution >= 0.6 is 0 Å². The minimum atomic E-state index is -0.0915. The second kappa shape index (κ2) is 8.51. The number of hydrogen-bond acceptors (Lipinski definition) is 3. The largest absolute Gasteiger partial charge is 0.381 e. The van der Waals surface area contributed by atoms with E-state index in [1.165, 1.54) is 0 Å². The van der Waals surface area contributed by atoms with Gasteiger partial charge in [0.25, 0.3) is 5.91 Å². The molecule has 4 nitrogen and oxygen atoms in total. The van der Waals surface area contributed by atoms with Crippen LogP contribution in [0.2, 0.25) is 0 Å². The molecular weight excluding hydrogens is 238 g/mol. The summed E-state index contributed by atoms with van der Waals surface area (Å²) in [4.78, 5) is 16.0. The summed E-state index contributed by atoms with van der Waals surface area (Å²) in [6, 6.07) is 4.08. The van der Waals surface area contributed by atoms with E-state index in [2.05, 4.69) is 36.4 Å². The molecule has 19 heavy (non-hydrogen) atoms. The summed E-state index contributed by atoms with van der Waals surface area (Å²) in [5.41, 5.74) is 1.43. The maximum atomic E-state index is 11.8. The molecule has 0 spiro atoms. The third kappa shape index (κ3) is 5.73. The average Bonchev–Trinajstić information content (AvgIpc) is 2.44. The van der Waals surface area contributed by atoms with Gasteiger partial charge in [-0.05, 0) is 31.9 Å². The highest BCUT2D eigenvalue weighted by molar-refractivity contribution is 5.92. The standard InChI is InChI=1S/C15H25N3O/c1-4-6-7-10-16-15(19)14-9-8-13(11-17-14)18-12(3)5-2/h8-9,11-12,18H,4-7,10H2,1-3H3,(H,16,19). The van der Waals surface area contributed by atoms with Crippen LogP contribution in [-0.2, 0) is 0 Å². The molecule has 0 aliphatic rings. The fraction of sp³-hybridized carbons (Fsp3) is 0.600. The molecular formula is C15H25N3O. The van der Waals surface area contributed by atoms with Gasteiger partial charge in [0.2, 0.25) is 0 Å². The number of unbranched alkanes of at least 4 members (excludes halogenated alkanes) is 2. The Balaban J connectivity index is 2.44. The number of hydrogen-bond donors (Lipinski definition) is 2. The van der Waals surface area contributed by atoms with Crippen LogP contribution in [0.25, 0.3) is 0 Å². The van der Waals surface area contributed by atoms with Gasteiger partial charge in [0.1, 0.15) is 5.69 Å². The van der Waals surface area contributed by atoms with Crippen molar-refractivity contribution in [1.29, 1.82) is 0 Å². The van der Waals surface area contributed by atoms with Crippen LogP contribution in [0.1, 0.15) is 56.9 Å². The summed E-state index contributed by atoms with van der Waals surface area (Å²) < 4.78 is 0. The number of carbonyl (C=O) groups excluding carboxylic acids is 1. The molecule has 0 saturated heterocycles. The molecule has 0 aliphatic carbocycles. The molecule has 0 aliphatic heterocycles. The molecule has 1 aromatic rings. The minimum absolute atomic E-state index is 0.0915. The molecule has 0 aromatic carbocycles. The van der Waals surface area contributed by atoms with E-state index in [0.29, 0.717) is 11.7 Å². The fourth-order valence-electron chi connectivity index (χ4n) is 1.67. The Morgan fingerprint density at radius 2 is 2.11 bits per heavy atom. The van der Waals surface area contributed by atoms with Crippen molar-refractivity contribution in [1.82, 2.24) is 10.3 Å². The van der Waals surface area contributed by atoms with E-state index in [-0.39, 0.29) is 5.91 Å². The lowest BCUT2D eigenvalue weighted by Gasteiger charge is -2.12. The van der Waals surface area contributed by atoms with Gasteiger partial charge in [-0.3, -0.25) is 4.79 Å². The van der Waals surface area contributed by atoms with Gasteiger partial charge >= 0.3 is 0 Å². The monoisotopic (exact) mass is 263 g/mol. The third-order valence-corrected chi connectivity index (χ3v) is 3.09. The number of pyridine rings is 1. The minimum Gasteiger partial charge on any atom is -0.381 e. The maximum Gasteiger partial charge on any atom is 0.269 e. The van der Waals surface area contributed by atoms with Crippen LogP contribution in [0.4, 0.5) is 5.69 Å². The van der Waals surface area contributed by atoms with Gasteiger partial charge in [-0.2, -0.15) is 0 Å². The first kappa shape index (κ1) is 15.5. The molecule has 0 fully saturated rings. The number of rotatable bonds is 8. The lowest BCUT2D eigenvalue weighted by Crippen LogP contribution is -2.25. The van der Waals surface area contributed by atoms with Gasteiger partial charge in [-0.15, -0.1) is 0 Å². The molecule has 1 unspecified atom stereocenters. The Morgan fingerprint density at radius 1 is 1.32 bits per heavy atom. The number of amides is 1. The van der Waals surface area contributed by atoms with Crippen LogP contribution in [0, 0.1) is 0 Å². The zero-order chi connectivity index (χ0) is 14.1. The summed E-state index contributed by atoms with van der Waals surface area (Å²) in [5, 5.41) is 6.21. The Morgan fingerprint density at radius 3 is 2.68 bits per heavy atom. The molecule has 0 bridgehead atoms. The first-order valence-corrected chi connectivity index (χ1v) is 7.18. The van der Waals surface area contributed by atoms with Gasteiger partial charge in [0, 0.05) is 12.6 Å². The van der Waals surface area contributed by atoms with Crippen molar-refractivity contribution in [3.8, 4) is 0 Å². The number of nitrogens with zero attached hydrogens (tertiary/aromatic N) is 1. The van der Waals surface area contributed by atoms with E-state index in [0.717, 1.165) is 37.9 Å². The van der Waals surface area contributed by atoms with Crippen LogP contribution in [0.3, 0.4) is 0 Å². The smallest absolute Gasteiger partial charge is 0.269 e. The Labute approximate surface area is 116 Å². The van der Waals surface area contributed by atoms with E-state index in [9.17, 15) is 4.79 Å². The molecule has 1 atom stereocenters. The lowest BCUT2D eigenvalue weighted by molar-refractivity contribution is 0.0948. The summed E-state index contributed by atoms with van der Waals surface area (Å²) in [6.45, 7) is 7.12. The van der Waals surface area contributed by atoms with Gasteiger partial charge in [-0.25, -0.2) is 4.98 Å². The second-order valence-corrected chi connectivity index (χ2v) is 4.85.